The van der Waals surface area contributed by atoms with Gasteiger partial charge in [-0.25, -0.2) is 5.43 Å². The minimum absolute atomic E-state index is 0.190. The van der Waals surface area contributed by atoms with Crippen LogP contribution in [0.4, 0.5) is 5.69 Å². The minimum Gasteiger partial charge on any atom is -0.483 e. The molecule has 3 amide bonds. The Morgan fingerprint density at radius 2 is 1.84 bits per heavy atom. The molecule has 8 nitrogen and oxygen atoms in total. The van der Waals surface area contributed by atoms with Crippen LogP contribution in [0.1, 0.15) is 36.5 Å². The van der Waals surface area contributed by atoms with Gasteiger partial charge in [0.2, 0.25) is 0 Å². The smallest absolute Gasteiger partial charge is 0.329 e. The SMILES string of the molecule is CCCCNC(=O)C(=O)N/N=C\c1ccccc1OCC(=O)Nc1ccc(C)cc1C. The van der Waals surface area contributed by atoms with Crippen LogP contribution in [0.15, 0.2) is 47.6 Å². The number of nitrogens with one attached hydrogen (secondary N) is 3. The quantitative estimate of drug-likeness (QED) is 0.249. The molecule has 0 bridgehead atoms. The van der Waals surface area contributed by atoms with E-state index in [9.17, 15) is 14.4 Å². The van der Waals surface area contributed by atoms with Crippen molar-refractivity contribution in [2.45, 2.75) is 33.6 Å². The Hall–Kier alpha value is -3.68. The summed E-state index contributed by atoms with van der Waals surface area (Å²) < 4.78 is 5.61. The monoisotopic (exact) mass is 424 g/mol. The van der Waals surface area contributed by atoms with Crippen molar-refractivity contribution in [1.82, 2.24) is 10.7 Å². The number of anilines is 1. The molecule has 2 aromatic rings. The summed E-state index contributed by atoms with van der Waals surface area (Å²) in [5.74, 6) is -1.46. The molecule has 164 valence electrons. The first-order valence-corrected chi connectivity index (χ1v) is 10.1. The number of amides is 3. The van der Waals surface area contributed by atoms with E-state index >= 15 is 0 Å². The van der Waals surface area contributed by atoms with E-state index in [1.54, 1.807) is 24.3 Å². The fraction of sp³-hybridized carbons (Fsp3) is 0.304. The van der Waals surface area contributed by atoms with E-state index in [-0.39, 0.29) is 12.5 Å². The summed E-state index contributed by atoms with van der Waals surface area (Å²) in [6, 6.07) is 12.7. The lowest BCUT2D eigenvalue weighted by molar-refractivity contribution is -0.139. The third-order valence-electron chi connectivity index (χ3n) is 4.33. The van der Waals surface area contributed by atoms with Crippen LogP contribution in [-0.4, -0.2) is 37.1 Å². The Bertz CT molecular complexity index is 956. The van der Waals surface area contributed by atoms with Gasteiger partial charge in [-0.3, -0.25) is 14.4 Å². The van der Waals surface area contributed by atoms with Crippen molar-refractivity contribution < 1.29 is 19.1 Å². The van der Waals surface area contributed by atoms with Gasteiger partial charge >= 0.3 is 11.8 Å². The molecule has 0 heterocycles. The lowest BCUT2D eigenvalue weighted by atomic mass is 10.1. The summed E-state index contributed by atoms with van der Waals surface area (Å²) >= 11 is 0. The van der Waals surface area contributed by atoms with Crippen LogP contribution in [0.2, 0.25) is 0 Å². The molecule has 0 saturated heterocycles. The van der Waals surface area contributed by atoms with Crippen LogP contribution >= 0.6 is 0 Å². The topological polar surface area (TPSA) is 109 Å². The molecule has 2 rings (SSSR count). The van der Waals surface area contributed by atoms with Gasteiger partial charge in [-0.2, -0.15) is 5.10 Å². The average molecular weight is 425 g/mol. The van der Waals surface area contributed by atoms with Crippen molar-refractivity contribution in [2.75, 3.05) is 18.5 Å². The highest BCUT2D eigenvalue weighted by molar-refractivity contribution is 6.35. The first-order valence-electron chi connectivity index (χ1n) is 10.1. The van der Waals surface area contributed by atoms with Gasteiger partial charge < -0.3 is 15.4 Å². The van der Waals surface area contributed by atoms with Gasteiger partial charge in [0.05, 0.1) is 6.21 Å². The number of carbonyl (C=O) groups excluding carboxylic acids is 3. The molecule has 0 spiro atoms. The Morgan fingerprint density at radius 3 is 2.58 bits per heavy atom. The summed E-state index contributed by atoms with van der Waals surface area (Å²) in [4.78, 5) is 35.6. The largest absolute Gasteiger partial charge is 0.483 e. The van der Waals surface area contributed by atoms with Crippen LogP contribution in [-0.2, 0) is 14.4 Å². The van der Waals surface area contributed by atoms with Crippen molar-refractivity contribution >= 4 is 29.6 Å². The maximum atomic E-state index is 12.2. The first kappa shape index (κ1) is 23.6. The second kappa shape index (κ2) is 12.1. The number of hydrogen-bond donors (Lipinski definition) is 3. The first-order chi connectivity index (χ1) is 14.9. The molecule has 0 atom stereocenters. The van der Waals surface area contributed by atoms with E-state index in [1.807, 2.05) is 39.0 Å². The lowest BCUT2D eigenvalue weighted by Gasteiger charge is -2.11. The highest BCUT2D eigenvalue weighted by atomic mass is 16.5. The zero-order valence-corrected chi connectivity index (χ0v) is 18.0. The zero-order chi connectivity index (χ0) is 22.6. The number of nitrogens with zero attached hydrogens (tertiary/aromatic N) is 1. The van der Waals surface area contributed by atoms with Gasteiger partial charge in [0.25, 0.3) is 5.91 Å². The lowest BCUT2D eigenvalue weighted by Crippen LogP contribution is -2.38. The van der Waals surface area contributed by atoms with Crippen molar-refractivity contribution in [3.05, 3.63) is 59.2 Å². The molecule has 8 heteroatoms. The molecular formula is C23H28N4O4. The van der Waals surface area contributed by atoms with Crippen LogP contribution in [0.3, 0.4) is 0 Å². The summed E-state index contributed by atoms with van der Waals surface area (Å²) in [6.45, 7) is 6.15. The Morgan fingerprint density at radius 1 is 1.06 bits per heavy atom. The molecule has 0 unspecified atom stereocenters. The number of aryl methyl sites for hydroxylation is 2. The van der Waals surface area contributed by atoms with Gasteiger partial charge in [-0.05, 0) is 44.0 Å². The molecule has 0 fully saturated rings. The standard InChI is InChI=1S/C23H28N4O4/c1-4-5-12-24-22(29)23(30)27-25-14-18-8-6-7-9-20(18)31-15-21(28)26-19-11-10-16(2)13-17(19)3/h6-11,13-14H,4-5,12,15H2,1-3H3,(H,24,29)(H,26,28)(H,27,30)/b25-14-. The van der Waals surface area contributed by atoms with Crippen molar-refractivity contribution in [3.63, 3.8) is 0 Å². The van der Waals surface area contributed by atoms with Gasteiger partial charge in [0.1, 0.15) is 5.75 Å². The van der Waals surface area contributed by atoms with Crippen LogP contribution in [0.5, 0.6) is 5.75 Å². The summed E-state index contributed by atoms with van der Waals surface area (Å²) in [7, 11) is 0. The summed E-state index contributed by atoms with van der Waals surface area (Å²) in [6.07, 6.45) is 3.07. The number of benzene rings is 2. The number of hydrazone groups is 1. The van der Waals surface area contributed by atoms with Crippen molar-refractivity contribution in [2.24, 2.45) is 5.10 Å². The van der Waals surface area contributed by atoms with Crippen molar-refractivity contribution in [3.8, 4) is 5.75 Å². The second-order valence-electron chi connectivity index (χ2n) is 7.00. The fourth-order valence-corrected chi connectivity index (χ4v) is 2.67. The highest BCUT2D eigenvalue weighted by Crippen LogP contribution is 2.18. The predicted molar refractivity (Wildman–Crippen MR) is 120 cm³/mol. The number of para-hydroxylation sites is 1. The highest BCUT2D eigenvalue weighted by Gasteiger charge is 2.11. The number of unbranched alkanes of at least 4 members (excludes halogenated alkanes) is 1. The number of ether oxygens (including phenoxy) is 1. The Kier molecular flexibility index (Phi) is 9.22. The van der Waals surface area contributed by atoms with E-state index in [0.717, 1.165) is 29.7 Å². The molecular weight excluding hydrogens is 396 g/mol. The molecule has 0 aliphatic rings. The average Bonchev–Trinajstić information content (AvgIpc) is 2.75. The van der Waals surface area contributed by atoms with E-state index in [0.29, 0.717) is 17.9 Å². The molecule has 2 aromatic carbocycles. The third kappa shape index (κ3) is 7.93. The Balaban J connectivity index is 1.89. The molecule has 3 N–H and O–H groups in total. The number of rotatable bonds is 9. The van der Waals surface area contributed by atoms with Gasteiger partial charge in [-0.15, -0.1) is 0 Å². The molecule has 0 aliphatic heterocycles. The number of carbonyl (C=O) groups is 3. The minimum atomic E-state index is -0.849. The number of hydrogen-bond acceptors (Lipinski definition) is 5. The molecule has 0 aliphatic carbocycles. The third-order valence-corrected chi connectivity index (χ3v) is 4.33. The Labute approximate surface area is 182 Å². The zero-order valence-electron chi connectivity index (χ0n) is 18.0. The van der Waals surface area contributed by atoms with E-state index < -0.39 is 11.8 Å². The molecule has 0 radical (unpaired) electrons. The van der Waals surface area contributed by atoms with Crippen LogP contribution < -0.4 is 20.8 Å². The molecule has 31 heavy (non-hydrogen) atoms. The second-order valence-corrected chi connectivity index (χ2v) is 7.00. The molecule has 0 saturated carbocycles. The van der Waals surface area contributed by atoms with E-state index in [4.69, 9.17) is 4.74 Å². The molecule has 0 aromatic heterocycles. The summed E-state index contributed by atoms with van der Waals surface area (Å²) in [5, 5.41) is 9.13. The van der Waals surface area contributed by atoms with Crippen LogP contribution in [0, 0.1) is 13.8 Å². The maximum Gasteiger partial charge on any atom is 0.329 e. The predicted octanol–water partition coefficient (Wildman–Crippen LogP) is 2.69. The summed E-state index contributed by atoms with van der Waals surface area (Å²) in [5.41, 5.74) is 5.54. The van der Waals surface area contributed by atoms with Gasteiger partial charge in [-0.1, -0.05) is 43.2 Å². The van der Waals surface area contributed by atoms with E-state index in [1.165, 1.54) is 6.21 Å². The fourth-order valence-electron chi connectivity index (χ4n) is 2.67. The normalized spacial score (nSPS) is 10.5. The van der Waals surface area contributed by atoms with Crippen molar-refractivity contribution in [1.29, 1.82) is 0 Å². The maximum absolute atomic E-state index is 12.2. The van der Waals surface area contributed by atoms with Gasteiger partial charge in [0, 0.05) is 17.8 Å². The van der Waals surface area contributed by atoms with E-state index in [2.05, 4.69) is 21.2 Å². The van der Waals surface area contributed by atoms with Gasteiger partial charge in [0.15, 0.2) is 6.61 Å². The van der Waals surface area contributed by atoms with Crippen LogP contribution in [0.25, 0.3) is 0 Å².